The fraction of sp³-hybridized carbons (Fsp3) is 0.529. The van der Waals surface area contributed by atoms with Crippen molar-refractivity contribution in [2.45, 2.75) is 26.7 Å². The van der Waals surface area contributed by atoms with Crippen molar-refractivity contribution in [2.75, 3.05) is 24.5 Å². The number of anilines is 1. The van der Waals surface area contributed by atoms with Crippen LogP contribution in [0.2, 0.25) is 0 Å². The van der Waals surface area contributed by atoms with Gasteiger partial charge in [-0.25, -0.2) is 9.97 Å². The molecule has 1 amide bonds. The fourth-order valence-electron chi connectivity index (χ4n) is 2.90. The monoisotopic (exact) mass is 313 g/mol. The van der Waals surface area contributed by atoms with Crippen molar-refractivity contribution in [3.05, 3.63) is 24.7 Å². The molecule has 23 heavy (non-hydrogen) atoms. The average Bonchev–Trinajstić information content (AvgIpc) is 2.59. The van der Waals surface area contributed by atoms with E-state index in [1.54, 1.807) is 12.4 Å². The summed E-state index contributed by atoms with van der Waals surface area (Å²) in [4.78, 5) is 27.4. The number of nitrogens with one attached hydrogen (secondary N) is 1. The van der Waals surface area contributed by atoms with Gasteiger partial charge in [-0.2, -0.15) is 0 Å². The number of carbonyl (C=O) groups excluding carboxylic acids is 1. The molecular formula is C17H23N5O. The highest BCUT2D eigenvalue weighted by Gasteiger charge is 2.26. The number of amides is 1. The van der Waals surface area contributed by atoms with Crippen LogP contribution < -0.4 is 10.2 Å². The minimum absolute atomic E-state index is 0.0417. The number of hydrogen-bond donors (Lipinski definition) is 1. The molecule has 1 aliphatic heterocycles. The first kappa shape index (κ1) is 15.6. The Bertz CT molecular complexity index is 687. The third-order valence-corrected chi connectivity index (χ3v) is 4.15. The minimum atomic E-state index is 0.0417. The highest BCUT2D eigenvalue weighted by atomic mass is 16.1. The van der Waals surface area contributed by atoms with Crippen molar-refractivity contribution in [1.82, 2.24) is 20.3 Å². The molecule has 0 bridgehead atoms. The second kappa shape index (κ2) is 6.89. The van der Waals surface area contributed by atoms with Gasteiger partial charge in [0.1, 0.15) is 5.52 Å². The molecule has 1 saturated heterocycles. The summed E-state index contributed by atoms with van der Waals surface area (Å²) < 4.78 is 0. The zero-order valence-corrected chi connectivity index (χ0v) is 13.7. The third-order valence-electron chi connectivity index (χ3n) is 4.15. The van der Waals surface area contributed by atoms with Crippen molar-refractivity contribution in [2.24, 2.45) is 11.8 Å². The SMILES string of the molecule is CC(C)CNC(=O)[C@H]1CCCN(c2cnc3nccnc3c2)C1. The van der Waals surface area contributed by atoms with Crippen LogP contribution in [-0.4, -0.2) is 40.5 Å². The maximum Gasteiger partial charge on any atom is 0.224 e. The minimum Gasteiger partial charge on any atom is -0.369 e. The molecule has 1 atom stereocenters. The Morgan fingerprint density at radius 3 is 3.00 bits per heavy atom. The van der Waals surface area contributed by atoms with E-state index in [9.17, 15) is 4.79 Å². The lowest BCUT2D eigenvalue weighted by molar-refractivity contribution is -0.125. The first-order valence-corrected chi connectivity index (χ1v) is 8.23. The summed E-state index contributed by atoms with van der Waals surface area (Å²) in [5.74, 6) is 0.680. The predicted molar refractivity (Wildman–Crippen MR) is 90.1 cm³/mol. The largest absolute Gasteiger partial charge is 0.369 e. The second-order valence-corrected chi connectivity index (χ2v) is 6.52. The summed E-state index contributed by atoms with van der Waals surface area (Å²) in [6.45, 7) is 6.63. The van der Waals surface area contributed by atoms with Crippen LogP contribution in [-0.2, 0) is 4.79 Å². The van der Waals surface area contributed by atoms with Crippen molar-refractivity contribution in [3.8, 4) is 0 Å². The molecule has 1 aliphatic rings. The van der Waals surface area contributed by atoms with E-state index < -0.39 is 0 Å². The van der Waals surface area contributed by atoms with E-state index in [0.717, 1.165) is 43.7 Å². The van der Waals surface area contributed by atoms with E-state index in [1.807, 2.05) is 12.3 Å². The lowest BCUT2D eigenvalue weighted by atomic mass is 9.96. The molecular weight excluding hydrogens is 290 g/mol. The summed E-state index contributed by atoms with van der Waals surface area (Å²) in [7, 11) is 0. The van der Waals surface area contributed by atoms with E-state index in [2.05, 4.69) is 39.0 Å². The number of aromatic nitrogens is 3. The van der Waals surface area contributed by atoms with E-state index in [-0.39, 0.29) is 11.8 Å². The number of rotatable bonds is 4. The van der Waals surface area contributed by atoms with Crippen LogP contribution in [0, 0.1) is 11.8 Å². The lowest BCUT2D eigenvalue weighted by Gasteiger charge is -2.33. The Hall–Kier alpha value is -2.24. The molecule has 6 heteroatoms. The Balaban J connectivity index is 1.70. The van der Waals surface area contributed by atoms with Crippen LogP contribution in [0.1, 0.15) is 26.7 Å². The number of hydrogen-bond acceptors (Lipinski definition) is 5. The van der Waals surface area contributed by atoms with Gasteiger partial charge in [0.15, 0.2) is 5.65 Å². The number of nitrogens with zero attached hydrogens (tertiary/aromatic N) is 4. The van der Waals surface area contributed by atoms with Gasteiger partial charge in [0, 0.05) is 32.0 Å². The molecule has 2 aromatic rings. The number of carbonyl (C=O) groups is 1. The fourth-order valence-corrected chi connectivity index (χ4v) is 2.90. The molecule has 0 aromatic carbocycles. The summed E-state index contributed by atoms with van der Waals surface area (Å²) >= 11 is 0. The van der Waals surface area contributed by atoms with Crippen molar-refractivity contribution < 1.29 is 4.79 Å². The molecule has 0 aliphatic carbocycles. The van der Waals surface area contributed by atoms with Gasteiger partial charge in [0.2, 0.25) is 5.91 Å². The maximum atomic E-state index is 12.3. The Labute approximate surface area is 136 Å². The molecule has 3 rings (SSSR count). The quantitative estimate of drug-likeness (QED) is 0.935. The topological polar surface area (TPSA) is 71.0 Å². The van der Waals surface area contributed by atoms with Gasteiger partial charge >= 0.3 is 0 Å². The van der Waals surface area contributed by atoms with Crippen molar-refractivity contribution >= 4 is 22.8 Å². The van der Waals surface area contributed by atoms with Gasteiger partial charge < -0.3 is 10.2 Å². The molecule has 0 saturated carbocycles. The molecule has 122 valence electrons. The van der Waals surface area contributed by atoms with Crippen molar-refractivity contribution in [3.63, 3.8) is 0 Å². The summed E-state index contributed by atoms with van der Waals surface area (Å²) in [5.41, 5.74) is 2.45. The molecule has 6 nitrogen and oxygen atoms in total. The van der Waals surface area contributed by atoms with Gasteiger partial charge in [-0.3, -0.25) is 9.78 Å². The number of fused-ring (bicyclic) bond motifs is 1. The third kappa shape index (κ3) is 3.75. The standard InChI is InChI=1S/C17H23N5O/c1-12(2)9-21-17(23)13-4-3-7-22(11-13)14-8-15-16(20-10-14)19-6-5-18-15/h5-6,8,10,12-13H,3-4,7,9,11H2,1-2H3,(H,21,23)/t13-/m0/s1. The molecule has 0 radical (unpaired) electrons. The van der Waals surface area contributed by atoms with Crippen LogP contribution in [0.15, 0.2) is 24.7 Å². The van der Waals surface area contributed by atoms with Crippen LogP contribution >= 0.6 is 0 Å². The first-order valence-electron chi connectivity index (χ1n) is 8.23. The highest BCUT2D eigenvalue weighted by Crippen LogP contribution is 2.24. The summed E-state index contributed by atoms with van der Waals surface area (Å²) in [6, 6.07) is 2.00. The van der Waals surface area contributed by atoms with Gasteiger partial charge in [-0.1, -0.05) is 13.8 Å². The van der Waals surface area contributed by atoms with Crippen molar-refractivity contribution in [1.29, 1.82) is 0 Å². The van der Waals surface area contributed by atoms with Gasteiger partial charge in [0.05, 0.1) is 17.8 Å². The van der Waals surface area contributed by atoms with Crippen LogP contribution in [0.5, 0.6) is 0 Å². The molecule has 1 fully saturated rings. The van der Waals surface area contributed by atoms with E-state index in [0.29, 0.717) is 11.6 Å². The normalized spacial score (nSPS) is 18.4. The molecule has 2 aromatic heterocycles. The zero-order valence-electron chi connectivity index (χ0n) is 13.7. The average molecular weight is 313 g/mol. The number of piperidine rings is 1. The summed E-state index contributed by atoms with van der Waals surface area (Å²) in [6.07, 6.45) is 7.10. The first-order chi connectivity index (χ1) is 11.1. The Morgan fingerprint density at radius 2 is 2.17 bits per heavy atom. The number of pyridine rings is 1. The predicted octanol–water partition coefficient (Wildman–Crippen LogP) is 2.01. The van der Waals surface area contributed by atoms with Gasteiger partial charge in [0.25, 0.3) is 0 Å². The van der Waals surface area contributed by atoms with Crippen LogP contribution in [0.3, 0.4) is 0 Å². The maximum absolute atomic E-state index is 12.3. The van der Waals surface area contributed by atoms with Crippen LogP contribution in [0.25, 0.3) is 11.2 Å². The van der Waals surface area contributed by atoms with Gasteiger partial charge in [-0.15, -0.1) is 0 Å². The zero-order chi connectivity index (χ0) is 16.2. The molecule has 3 heterocycles. The van der Waals surface area contributed by atoms with E-state index in [4.69, 9.17) is 0 Å². The molecule has 0 spiro atoms. The smallest absolute Gasteiger partial charge is 0.224 e. The lowest BCUT2D eigenvalue weighted by Crippen LogP contribution is -2.43. The summed E-state index contributed by atoms with van der Waals surface area (Å²) in [5, 5.41) is 3.05. The van der Waals surface area contributed by atoms with E-state index >= 15 is 0 Å². The Kier molecular flexibility index (Phi) is 4.69. The van der Waals surface area contributed by atoms with Crippen LogP contribution in [0.4, 0.5) is 5.69 Å². The molecule has 0 unspecified atom stereocenters. The Morgan fingerprint density at radius 1 is 1.35 bits per heavy atom. The van der Waals surface area contributed by atoms with E-state index in [1.165, 1.54) is 0 Å². The highest BCUT2D eigenvalue weighted by molar-refractivity contribution is 5.80. The second-order valence-electron chi connectivity index (χ2n) is 6.52. The van der Waals surface area contributed by atoms with Gasteiger partial charge in [-0.05, 0) is 24.8 Å². The molecule has 1 N–H and O–H groups in total.